The van der Waals surface area contributed by atoms with E-state index in [1.165, 1.54) is 7.11 Å². The van der Waals surface area contributed by atoms with E-state index in [0.29, 0.717) is 18.6 Å². The van der Waals surface area contributed by atoms with Gasteiger partial charge in [0.25, 0.3) is 0 Å². The average Bonchev–Trinajstić information content (AvgIpc) is 3.60. The molecular formula is C40H42N4O6S. The van der Waals surface area contributed by atoms with Crippen molar-refractivity contribution in [2.75, 3.05) is 12.9 Å². The van der Waals surface area contributed by atoms with Gasteiger partial charge in [-0.2, -0.15) is 0 Å². The van der Waals surface area contributed by atoms with Crippen LogP contribution in [-0.4, -0.2) is 51.7 Å². The van der Waals surface area contributed by atoms with E-state index in [2.05, 4.69) is 21.7 Å². The Hall–Kier alpha value is -4.94. The molecule has 0 saturated carbocycles. The number of thioether (sulfide) groups is 1. The fourth-order valence-electron chi connectivity index (χ4n) is 5.98. The maximum atomic E-state index is 12.9. The van der Waals surface area contributed by atoms with E-state index in [1.807, 2.05) is 115 Å². The van der Waals surface area contributed by atoms with Crippen LogP contribution in [0.2, 0.25) is 0 Å². The molecule has 1 aliphatic heterocycles. The number of imidazole rings is 1. The molecule has 1 fully saturated rings. The summed E-state index contributed by atoms with van der Waals surface area (Å²) in [5, 5.41) is 16.1. The molecule has 1 aromatic heterocycles. The van der Waals surface area contributed by atoms with Gasteiger partial charge >= 0.3 is 12.0 Å². The summed E-state index contributed by atoms with van der Waals surface area (Å²) < 4.78 is 20.1. The zero-order valence-electron chi connectivity index (χ0n) is 28.6. The van der Waals surface area contributed by atoms with Crippen molar-refractivity contribution in [1.29, 1.82) is 0 Å². The predicted octanol–water partition coefficient (Wildman–Crippen LogP) is 6.50. The lowest BCUT2D eigenvalue weighted by Gasteiger charge is -2.36. The molecule has 0 spiro atoms. The van der Waals surface area contributed by atoms with Crippen LogP contribution in [0, 0.1) is 0 Å². The molecule has 0 bridgehead atoms. The minimum Gasteiger partial charge on any atom is -0.467 e. The molecule has 1 saturated heterocycles. The number of hydrogen-bond donors (Lipinski definition) is 3. The lowest BCUT2D eigenvalue weighted by molar-refractivity contribution is -0.245. The molecule has 1 aliphatic rings. The monoisotopic (exact) mass is 706 g/mol. The molecule has 4 atom stereocenters. The van der Waals surface area contributed by atoms with Gasteiger partial charge in [0.15, 0.2) is 11.4 Å². The molecule has 6 rings (SSSR count). The smallest absolute Gasteiger partial charge is 0.328 e. The number of nitrogens with zero attached hydrogens (tertiary/aromatic N) is 2. The molecule has 3 N–H and O–H groups in total. The van der Waals surface area contributed by atoms with Crippen LogP contribution in [0.15, 0.2) is 121 Å². The Labute approximate surface area is 302 Å². The summed E-state index contributed by atoms with van der Waals surface area (Å²) in [4.78, 5) is 29.7. The van der Waals surface area contributed by atoms with Crippen LogP contribution >= 0.6 is 11.8 Å². The second-order valence-electron chi connectivity index (χ2n) is 12.4. The highest BCUT2D eigenvalue weighted by Crippen LogP contribution is 2.40. The Balaban J connectivity index is 1.14. The largest absolute Gasteiger partial charge is 0.467 e. The topological polar surface area (TPSA) is 124 Å². The van der Waals surface area contributed by atoms with E-state index in [1.54, 1.807) is 18.0 Å². The molecule has 2 heterocycles. The van der Waals surface area contributed by atoms with Crippen molar-refractivity contribution < 1.29 is 28.9 Å². The van der Waals surface area contributed by atoms with E-state index in [4.69, 9.17) is 14.2 Å². The van der Waals surface area contributed by atoms with Gasteiger partial charge in [-0.1, -0.05) is 103 Å². The van der Waals surface area contributed by atoms with Gasteiger partial charge in [-0.25, -0.2) is 14.6 Å². The number of nitrogens with one attached hydrogen (secondary N) is 2. The average molecular weight is 707 g/mol. The third-order valence-electron chi connectivity index (χ3n) is 8.74. The predicted molar refractivity (Wildman–Crippen MR) is 196 cm³/mol. The summed E-state index contributed by atoms with van der Waals surface area (Å²) in [6, 6.07) is 32.1. The minimum absolute atomic E-state index is 0.0116. The van der Waals surface area contributed by atoms with Crippen LogP contribution in [-0.2, 0) is 45.6 Å². The Morgan fingerprint density at radius 2 is 1.67 bits per heavy atom. The van der Waals surface area contributed by atoms with Gasteiger partial charge in [0.05, 0.1) is 25.9 Å². The molecule has 4 aromatic carbocycles. The number of benzene rings is 4. The number of esters is 1. The van der Waals surface area contributed by atoms with Crippen molar-refractivity contribution >= 4 is 23.8 Å². The highest BCUT2D eigenvalue weighted by molar-refractivity contribution is 7.99. The minimum atomic E-state index is -0.816. The Morgan fingerprint density at radius 1 is 0.922 bits per heavy atom. The number of aliphatic hydroxyl groups excluding tert-OH is 1. The van der Waals surface area contributed by atoms with Gasteiger partial charge in [0.1, 0.15) is 6.04 Å². The number of aromatic nitrogens is 2. The standard InChI is InChI=1S/C40H42N4O6S/c1-44-19-18-41-40(44)51-26-34-23-36(30-16-14-28(25-45)15-17-30)50-38(49-34)33-13-7-12-32(22-33)31-11-6-10-29(20-31)24-42-39(47)43-35(37(46)48-2)21-27-8-4-3-5-9-27/h3-20,22,34-36,38,45H,21,23-26H2,1-2H3,(H2,42,43,47). The molecule has 51 heavy (non-hydrogen) atoms. The Morgan fingerprint density at radius 3 is 2.39 bits per heavy atom. The lowest BCUT2D eigenvalue weighted by atomic mass is 9.99. The second-order valence-corrected chi connectivity index (χ2v) is 13.4. The molecule has 11 heteroatoms. The summed E-state index contributed by atoms with van der Waals surface area (Å²) in [5.74, 6) is 0.205. The number of ether oxygens (including phenoxy) is 3. The molecule has 0 radical (unpaired) electrons. The SMILES string of the molecule is COC(=O)C(Cc1ccccc1)NC(=O)NCc1cccc(-c2cccc(C3OC(CSc4nccn4C)CC(c4ccc(CO)cc4)O3)c2)c1. The van der Waals surface area contributed by atoms with Gasteiger partial charge in [0, 0.05) is 50.1 Å². The van der Waals surface area contributed by atoms with Crippen molar-refractivity contribution in [2.45, 2.75) is 55.7 Å². The first-order chi connectivity index (χ1) is 24.9. The van der Waals surface area contributed by atoms with Crippen molar-refractivity contribution in [1.82, 2.24) is 20.2 Å². The molecule has 0 aliphatic carbocycles. The van der Waals surface area contributed by atoms with Gasteiger partial charge in [-0.05, 0) is 45.5 Å². The van der Waals surface area contributed by atoms with Crippen LogP contribution in [0.3, 0.4) is 0 Å². The Bertz CT molecular complexity index is 1900. The van der Waals surface area contributed by atoms with Crippen LogP contribution in [0.4, 0.5) is 4.79 Å². The quantitative estimate of drug-likeness (QED) is 0.0937. The molecule has 10 nitrogen and oxygen atoms in total. The van der Waals surface area contributed by atoms with E-state index in [9.17, 15) is 14.7 Å². The zero-order chi connectivity index (χ0) is 35.6. The molecule has 264 valence electrons. The summed E-state index contributed by atoms with van der Waals surface area (Å²) in [6.07, 6.45) is 3.84. The van der Waals surface area contributed by atoms with Crippen LogP contribution < -0.4 is 10.6 Å². The first-order valence-corrected chi connectivity index (χ1v) is 17.8. The normalized spacial score (nSPS) is 17.7. The van der Waals surface area contributed by atoms with E-state index in [-0.39, 0.29) is 25.4 Å². The third kappa shape index (κ3) is 9.65. The van der Waals surface area contributed by atoms with Crippen LogP contribution in [0.5, 0.6) is 0 Å². The molecular weight excluding hydrogens is 665 g/mol. The van der Waals surface area contributed by atoms with Crippen LogP contribution in [0.1, 0.15) is 46.6 Å². The highest BCUT2D eigenvalue weighted by Gasteiger charge is 2.32. The number of methoxy groups -OCH3 is 1. The molecule has 4 unspecified atom stereocenters. The fourth-order valence-corrected chi connectivity index (χ4v) is 6.93. The number of urea groups is 1. The number of carbonyl (C=O) groups excluding carboxylic acids is 2. The van der Waals surface area contributed by atoms with Crippen molar-refractivity contribution in [3.05, 3.63) is 143 Å². The summed E-state index contributed by atoms with van der Waals surface area (Å²) in [7, 11) is 3.29. The summed E-state index contributed by atoms with van der Waals surface area (Å²) >= 11 is 1.66. The summed E-state index contributed by atoms with van der Waals surface area (Å²) in [6.45, 7) is 0.252. The number of carbonyl (C=O) groups is 2. The van der Waals surface area contributed by atoms with Gasteiger partial charge in [-0.3, -0.25) is 0 Å². The van der Waals surface area contributed by atoms with Crippen molar-refractivity contribution in [3.63, 3.8) is 0 Å². The van der Waals surface area contributed by atoms with Crippen molar-refractivity contribution in [3.8, 4) is 11.1 Å². The second kappa shape index (κ2) is 17.3. The van der Waals surface area contributed by atoms with Crippen LogP contribution in [0.25, 0.3) is 11.1 Å². The van der Waals surface area contributed by atoms with Crippen molar-refractivity contribution in [2.24, 2.45) is 7.05 Å². The third-order valence-corrected chi connectivity index (χ3v) is 9.93. The highest BCUT2D eigenvalue weighted by atomic mass is 32.2. The number of rotatable bonds is 13. The maximum absolute atomic E-state index is 12.9. The number of aliphatic hydroxyl groups is 1. The lowest BCUT2D eigenvalue weighted by Crippen LogP contribution is -2.47. The molecule has 2 amide bonds. The summed E-state index contributed by atoms with van der Waals surface area (Å²) in [5.41, 5.74) is 6.54. The maximum Gasteiger partial charge on any atom is 0.328 e. The van der Waals surface area contributed by atoms with E-state index >= 15 is 0 Å². The van der Waals surface area contributed by atoms with E-state index in [0.717, 1.165) is 44.1 Å². The van der Waals surface area contributed by atoms with Gasteiger partial charge < -0.3 is 34.5 Å². The van der Waals surface area contributed by atoms with E-state index < -0.39 is 24.3 Å². The van der Waals surface area contributed by atoms with Gasteiger partial charge in [-0.15, -0.1) is 0 Å². The number of hydrogen-bond acceptors (Lipinski definition) is 8. The van der Waals surface area contributed by atoms with Gasteiger partial charge in [0.2, 0.25) is 0 Å². The first-order valence-electron chi connectivity index (χ1n) is 16.8. The first kappa shape index (κ1) is 35.9. The molecule has 5 aromatic rings. The zero-order valence-corrected chi connectivity index (χ0v) is 29.4. The number of aryl methyl sites for hydroxylation is 1. The fraction of sp³-hybridized carbons (Fsp3) is 0.275. The number of amides is 2. The Kier molecular flexibility index (Phi) is 12.2.